The first-order chi connectivity index (χ1) is 13.6. The van der Waals surface area contributed by atoms with Crippen molar-refractivity contribution in [3.05, 3.63) is 36.2 Å². The van der Waals surface area contributed by atoms with Gasteiger partial charge in [0.25, 0.3) is 0 Å². The van der Waals surface area contributed by atoms with Gasteiger partial charge in [0.2, 0.25) is 5.75 Å². The number of methoxy groups -OCH3 is 2. The van der Waals surface area contributed by atoms with E-state index in [4.69, 9.17) is 9.47 Å². The standard InChI is InChI=1S/C20H28N4O3S/c1-5-9-28-20-22-21-19(23(20)2)15-7-6-8-24(13-15)12-14-10-16(26-3)18(25)17(11-14)27-4/h5,10-11,15,25H,1,6-9,12-13H2,2-4H3/t15-/m0/s1. The Balaban J connectivity index is 1.72. The van der Waals surface area contributed by atoms with Gasteiger partial charge in [-0.05, 0) is 37.1 Å². The molecule has 0 amide bonds. The molecule has 0 radical (unpaired) electrons. The molecule has 7 nitrogen and oxygen atoms in total. The highest BCUT2D eigenvalue weighted by atomic mass is 32.2. The lowest BCUT2D eigenvalue weighted by Crippen LogP contribution is -2.34. The molecule has 1 fully saturated rings. The number of hydrogen-bond donors (Lipinski definition) is 1. The Bertz CT molecular complexity index is 799. The summed E-state index contributed by atoms with van der Waals surface area (Å²) in [7, 11) is 5.13. The van der Waals surface area contributed by atoms with Gasteiger partial charge in [0.15, 0.2) is 16.7 Å². The largest absolute Gasteiger partial charge is 0.502 e. The maximum Gasteiger partial charge on any atom is 0.200 e. The van der Waals surface area contributed by atoms with Crippen LogP contribution in [0.15, 0.2) is 29.9 Å². The van der Waals surface area contributed by atoms with Crippen molar-refractivity contribution in [2.75, 3.05) is 33.1 Å². The van der Waals surface area contributed by atoms with Crippen LogP contribution in [-0.4, -0.2) is 57.8 Å². The van der Waals surface area contributed by atoms with Crippen molar-refractivity contribution in [2.45, 2.75) is 30.5 Å². The lowest BCUT2D eigenvalue weighted by Gasteiger charge is -2.32. The fourth-order valence-electron chi connectivity index (χ4n) is 3.65. The zero-order chi connectivity index (χ0) is 20.1. The first-order valence-electron chi connectivity index (χ1n) is 9.36. The second kappa shape index (κ2) is 9.34. The number of aromatic hydroxyl groups is 1. The van der Waals surface area contributed by atoms with E-state index in [-0.39, 0.29) is 5.75 Å². The van der Waals surface area contributed by atoms with Crippen LogP contribution in [0.25, 0.3) is 0 Å². The number of phenols is 1. The summed E-state index contributed by atoms with van der Waals surface area (Å²) in [6.45, 7) is 6.47. The number of piperidine rings is 1. The predicted octanol–water partition coefficient (Wildman–Crippen LogP) is 3.20. The Kier molecular flexibility index (Phi) is 6.85. The van der Waals surface area contributed by atoms with Crippen LogP contribution in [-0.2, 0) is 13.6 Å². The molecule has 28 heavy (non-hydrogen) atoms. The van der Waals surface area contributed by atoms with Gasteiger partial charge in [-0.1, -0.05) is 17.8 Å². The van der Waals surface area contributed by atoms with Gasteiger partial charge in [0.1, 0.15) is 5.82 Å². The predicted molar refractivity (Wildman–Crippen MR) is 110 cm³/mol. The van der Waals surface area contributed by atoms with Crippen LogP contribution >= 0.6 is 11.8 Å². The molecule has 152 valence electrons. The molecule has 0 saturated carbocycles. The van der Waals surface area contributed by atoms with Gasteiger partial charge in [-0.3, -0.25) is 4.90 Å². The number of benzene rings is 1. The van der Waals surface area contributed by atoms with Crippen molar-refractivity contribution in [3.8, 4) is 17.2 Å². The maximum absolute atomic E-state index is 10.1. The van der Waals surface area contributed by atoms with Gasteiger partial charge in [-0.15, -0.1) is 16.8 Å². The van der Waals surface area contributed by atoms with Crippen LogP contribution in [0, 0.1) is 0 Å². The average molecular weight is 405 g/mol. The highest BCUT2D eigenvalue weighted by molar-refractivity contribution is 7.99. The Morgan fingerprint density at radius 3 is 2.64 bits per heavy atom. The van der Waals surface area contributed by atoms with E-state index in [2.05, 4.69) is 26.2 Å². The molecule has 0 aliphatic carbocycles. The summed E-state index contributed by atoms with van der Waals surface area (Å²) in [4.78, 5) is 2.41. The minimum absolute atomic E-state index is 0.0360. The van der Waals surface area contributed by atoms with Gasteiger partial charge < -0.3 is 19.1 Å². The van der Waals surface area contributed by atoms with E-state index in [0.717, 1.165) is 54.8 Å². The van der Waals surface area contributed by atoms with E-state index in [9.17, 15) is 5.11 Å². The molecule has 1 atom stereocenters. The molecule has 0 spiro atoms. The molecule has 0 bridgehead atoms. The third-order valence-electron chi connectivity index (χ3n) is 5.02. The third-order valence-corrected chi connectivity index (χ3v) is 6.03. The smallest absolute Gasteiger partial charge is 0.200 e. The van der Waals surface area contributed by atoms with Crippen LogP contribution in [0.4, 0.5) is 0 Å². The van der Waals surface area contributed by atoms with E-state index in [1.54, 1.807) is 26.0 Å². The summed E-state index contributed by atoms with van der Waals surface area (Å²) in [6, 6.07) is 3.74. The van der Waals surface area contributed by atoms with Crippen molar-refractivity contribution in [1.29, 1.82) is 0 Å². The average Bonchev–Trinajstić information content (AvgIpc) is 3.08. The summed E-state index contributed by atoms with van der Waals surface area (Å²) >= 11 is 1.65. The number of rotatable bonds is 8. The Morgan fingerprint density at radius 1 is 1.29 bits per heavy atom. The van der Waals surface area contributed by atoms with Crippen molar-refractivity contribution >= 4 is 11.8 Å². The number of phenolic OH excluding ortho intramolecular Hbond substituents is 1. The van der Waals surface area contributed by atoms with Crippen LogP contribution in [0.2, 0.25) is 0 Å². The molecule has 3 rings (SSSR count). The molecular weight excluding hydrogens is 376 g/mol. The van der Waals surface area contributed by atoms with E-state index >= 15 is 0 Å². The first kappa shape index (κ1) is 20.5. The Morgan fingerprint density at radius 2 is 2.00 bits per heavy atom. The number of thioether (sulfide) groups is 1. The first-order valence-corrected chi connectivity index (χ1v) is 10.3. The fourth-order valence-corrected chi connectivity index (χ4v) is 4.30. The number of likely N-dealkylation sites (tertiary alicyclic amines) is 1. The molecule has 1 aliphatic heterocycles. The molecule has 1 aromatic carbocycles. The highest BCUT2D eigenvalue weighted by Crippen LogP contribution is 2.38. The molecule has 2 aromatic rings. The van der Waals surface area contributed by atoms with Crippen LogP contribution < -0.4 is 9.47 Å². The quantitative estimate of drug-likeness (QED) is 0.535. The number of aromatic nitrogens is 3. The summed E-state index contributed by atoms with van der Waals surface area (Å²) in [6.07, 6.45) is 4.09. The van der Waals surface area contributed by atoms with Crippen molar-refractivity contribution in [1.82, 2.24) is 19.7 Å². The van der Waals surface area contributed by atoms with Gasteiger partial charge in [-0.25, -0.2) is 0 Å². The molecule has 1 aliphatic rings. The number of nitrogens with zero attached hydrogens (tertiary/aromatic N) is 4. The molecular formula is C20H28N4O3S. The SMILES string of the molecule is C=CCSc1nnc([C@H]2CCCN(Cc3cc(OC)c(O)c(OC)c3)C2)n1C. The lowest BCUT2D eigenvalue weighted by molar-refractivity contribution is 0.194. The Labute approximate surface area is 170 Å². The summed E-state index contributed by atoms with van der Waals surface area (Å²) < 4.78 is 12.7. The molecule has 2 heterocycles. The molecule has 8 heteroatoms. The number of ether oxygens (including phenoxy) is 2. The van der Waals surface area contributed by atoms with E-state index < -0.39 is 0 Å². The normalized spacial score (nSPS) is 17.5. The van der Waals surface area contributed by atoms with Gasteiger partial charge in [0.05, 0.1) is 14.2 Å². The Hall–Kier alpha value is -2.19. The minimum atomic E-state index is 0.0360. The minimum Gasteiger partial charge on any atom is -0.502 e. The summed E-state index contributed by atoms with van der Waals surface area (Å²) in [5, 5.41) is 19.8. The van der Waals surface area contributed by atoms with Crippen LogP contribution in [0.3, 0.4) is 0 Å². The zero-order valence-electron chi connectivity index (χ0n) is 16.7. The van der Waals surface area contributed by atoms with Gasteiger partial charge in [-0.2, -0.15) is 0 Å². The second-order valence-electron chi connectivity index (χ2n) is 6.92. The van der Waals surface area contributed by atoms with Gasteiger partial charge in [0, 0.05) is 31.8 Å². The molecule has 1 N–H and O–H groups in total. The van der Waals surface area contributed by atoms with Crippen LogP contribution in [0.5, 0.6) is 17.2 Å². The summed E-state index contributed by atoms with van der Waals surface area (Å²) in [5.74, 6) is 3.12. The van der Waals surface area contributed by atoms with Crippen molar-refractivity contribution in [3.63, 3.8) is 0 Å². The van der Waals surface area contributed by atoms with E-state index in [1.807, 2.05) is 25.3 Å². The molecule has 1 aromatic heterocycles. The van der Waals surface area contributed by atoms with E-state index in [0.29, 0.717) is 17.4 Å². The highest BCUT2D eigenvalue weighted by Gasteiger charge is 2.26. The monoisotopic (exact) mass is 404 g/mol. The fraction of sp³-hybridized carbons (Fsp3) is 0.500. The number of hydrogen-bond acceptors (Lipinski definition) is 7. The summed E-state index contributed by atoms with van der Waals surface area (Å²) in [5.41, 5.74) is 1.05. The third kappa shape index (κ3) is 4.44. The lowest BCUT2D eigenvalue weighted by atomic mass is 9.96. The van der Waals surface area contributed by atoms with Gasteiger partial charge >= 0.3 is 0 Å². The maximum atomic E-state index is 10.1. The van der Waals surface area contributed by atoms with Crippen LogP contribution in [0.1, 0.15) is 30.1 Å². The second-order valence-corrected chi connectivity index (χ2v) is 7.91. The molecule has 1 saturated heterocycles. The van der Waals surface area contributed by atoms with E-state index in [1.165, 1.54) is 0 Å². The van der Waals surface area contributed by atoms with Crippen molar-refractivity contribution in [2.24, 2.45) is 7.05 Å². The molecule has 0 unspecified atom stereocenters. The zero-order valence-corrected chi connectivity index (χ0v) is 17.5. The topological polar surface area (TPSA) is 72.6 Å². The van der Waals surface area contributed by atoms with Crippen molar-refractivity contribution < 1.29 is 14.6 Å².